The van der Waals surface area contributed by atoms with Gasteiger partial charge in [-0.05, 0) is 18.2 Å². The molecule has 2 rings (SSSR count). The van der Waals surface area contributed by atoms with Gasteiger partial charge in [0.25, 0.3) is 0 Å². The van der Waals surface area contributed by atoms with Crippen LogP contribution in [0.2, 0.25) is 0 Å². The minimum atomic E-state index is 0.708. The third kappa shape index (κ3) is 3.28. The number of methoxy groups -OCH3 is 3. The summed E-state index contributed by atoms with van der Waals surface area (Å²) in [4.78, 5) is 0. The van der Waals surface area contributed by atoms with Crippen LogP contribution in [0.5, 0.6) is 17.2 Å². The largest absolute Gasteiger partial charge is 0.496 e. The number of benzene rings is 2. The van der Waals surface area contributed by atoms with Gasteiger partial charge in [0.2, 0.25) is 0 Å². The van der Waals surface area contributed by atoms with Crippen LogP contribution < -0.4 is 19.5 Å². The summed E-state index contributed by atoms with van der Waals surface area (Å²) in [6, 6.07) is 12.0. The molecular weight excluding hydrogens is 266 g/mol. The predicted octanol–water partition coefficient (Wildman–Crippen LogP) is 3.10. The fourth-order valence-electron chi connectivity index (χ4n) is 2.28. The highest BCUT2D eigenvalue weighted by Gasteiger charge is 2.15. The molecule has 0 saturated heterocycles. The lowest BCUT2D eigenvalue weighted by molar-refractivity contribution is 0.377. The molecule has 0 bridgehead atoms. The summed E-state index contributed by atoms with van der Waals surface area (Å²) >= 11 is 0. The third-order valence-corrected chi connectivity index (χ3v) is 3.34. The van der Waals surface area contributed by atoms with Crippen LogP contribution in [0, 0.1) is 0 Å². The van der Waals surface area contributed by atoms with E-state index in [2.05, 4.69) is 29.6 Å². The van der Waals surface area contributed by atoms with Crippen LogP contribution >= 0.6 is 0 Å². The molecule has 0 aliphatic rings. The van der Waals surface area contributed by atoms with E-state index in [1.165, 1.54) is 5.56 Å². The fraction of sp³-hybridized carbons (Fsp3) is 0.294. The molecule has 0 saturated carbocycles. The molecule has 4 heteroatoms. The molecule has 1 N–H and O–H groups in total. The lowest BCUT2D eigenvalue weighted by Crippen LogP contribution is -2.04. The molecule has 0 aliphatic heterocycles. The molecule has 0 amide bonds. The van der Waals surface area contributed by atoms with Crippen LogP contribution in [-0.4, -0.2) is 28.4 Å². The number of ether oxygens (including phenoxy) is 3. The van der Waals surface area contributed by atoms with Gasteiger partial charge in [0.15, 0.2) is 0 Å². The van der Waals surface area contributed by atoms with Crippen molar-refractivity contribution in [1.29, 1.82) is 0 Å². The Balaban J connectivity index is 2.50. The number of hydrogen-bond acceptors (Lipinski definition) is 4. The summed E-state index contributed by atoms with van der Waals surface area (Å²) in [5.74, 6) is 2.17. The minimum Gasteiger partial charge on any atom is -0.496 e. The van der Waals surface area contributed by atoms with Crippen molar-refractivity contribution in [2.24, 2.45) is 0 Å². The molecule has 0 fully saturated rings. The van der Waals surface area contributed by atoms with E-state index in [1.54, 1.807) is 21.3 Å². The minimum absolute atomic E-state index is 0.708. The summed E-state index contributed by atoms with van der Waals surface area (Å²) in [5.41, 5.74) is 3.20. The quantitative estimate of drug-likeness (QED) is 0.886. The Morgan fingerprint density at radius 1 is 0.857 bits per heavy atom. The molecule has 21 heavy (non-hydrogen) atoms. The zero-order valence-corrected chi connectivity index (χ0v) is 12.9. The van der Waals surface area contributed by atoms with Crippen molar-refractivity contribution in [2.45, 2.75) is 6.54 Å². The van der Waals surface area contributed by atoms with Crippen LogP contribution in [0.1, 0.15) is 5.56 Å². The standard InChI is InChI=1S/C17H21NO3/c1-18-11-12-5-7-13(8-6-12)17-15(20-3)9-14(19-2)10-16(17)21-4/h5-10,18H,11H2,1-4H3. The Kier molecular flexibility index (Phi) is 5.06. The van der Waals surface area contributed by atoms with E-state index in [0.717, 1.165) is 29.2 Å². The number of rotatable bonds is 6. The highest BCUT2D eigenvalue weighted by atomic mass is 16.5. The van der Waals surface area contributed by atoms with E-state index in [1.807, 2.05) is 19.2 Å². The molecule has 2 aromatic carbocycles. The van der Waals surface area contributed by atoms with Crippen LogP contribution in [0.15, 0.2) is 36.4 Å². The molecule has 0 spiro atoms. The summed E-state index contributed by atoms with van der Waals surface area (Å²) in [7, 11) is 6.85. The maximum absolute atomic E-state index is 5.49. The van der Waals surface area contributed by atoms with Gasteiger partial charge in [0, 0.05) is 18.7 Å². The Labute approximate surface area is 125 Å². The molecule has 0 aromatic heterocycles. The van der Waals surface area contributed by atoms with Crippen molar-refractivity contribution in [2.75, 3.05) is 28.4 Å². The van der Waals surface area contributed by atoms with Gasteiger partial charge in [-0.2, -0.15) is 0 Å². The summed E-state index contributed by atoms with van der Waals surface area (Å²) in [6.45, 7) is 0.844. The van der Waals surface area contributed by atoms with Crippen LogP contribution in [0.3, 0.4) is 0 Å². The second kappa shape index (κ2) is 6.99. The summed E-state index contributed by atoms with van der Waals surface area (Å²) in [6.07, 6.45) is 0. The fourth-order valence-corrected chi connectivity index (χ4v) is 2.28. The van der Waals surface area contributed by atoms with E-state index >= 15 is 0 Å². The van der Waals surface area contributed by atoms with E-state index in [4.69, 9.17) is 14.2 Å². The lowest BCUT2D eigenvalue weighted by Gasteiger charge is -2.15. The van der Waals surface area contributed by atoms with Gasteiger partial charge in [-0.25, -0.2) is 0 Å². The zero-order chi connectivity index (χ0) is 15.2. The first-order chi connectivity index (χ1) is 10.2. The van der Waals surface area contributed by atoms with E-state index in [9.17, 15) is 0 Å². The average molecular weight is 287 g/mol. The summed E-state index contributed by atoms with van der Waals surface area (Å²) < 4.78 is 16.3. The Hall–Kier alpha value is -2.20. The zero-order valence-electron chi connectivity index (χ0n) is 12.9. The first-order valence-corrected chi connectivity index (χ1v) is 6.77. The molecule has 0 aliphatic carbocycles. The van der Waals surface area contributed by atoms with E-state index in [-0.39, 0.29) is 0 Å². The first-order valence-electron chi connectivity index (χ1n) is 6.77. The predicted molar refractivity (Wildman–Crippen MR) is 84.3 cm³/mol. The van der Waals surface area contributed by atoms with Crippen LogP contribution in [-0.2, 0) is 6.54 Å². The molecule has 112 valence electrons. The van der Waals surface area contributed by atoms with Crippen molar-refractivity contribution >= 4 is 0 Å². The Morgan fingerprint density at radius 3 is 1.86 bits per heavy atom. The van der Waals surface area contributed by atoms with Crippen molar-refractivity contribution < 1.29 is 14.2 Å². The molecule has 0 unspecified atom stereocenters. The molecule has 4 nitrogen and oxygen atoms in total. The second-order valence-electron chi connectivity index (χ2n) is 4.63. The number of hydrogen-bond donors (Lipinski definition) is 1. The topological polar surface area (TPSA) is 39.7 Å². The molecule has 2 aromatic rings. The highest BCUT2D eigenvalue weighted by molar-refractivity contribution is 5.78. The van der Waals surface area contributed by atoms with Crippen molar-refractivity contribution in [3.8, 4) is 28.4 Å². The van der Waals surface area contributed by atoms with Crippen molar-refractivity contribution in [1.82, 2.24) is 5.32 Å². The Morgan fingerprint density at radius 2 is 1.43 bits per heavy atom. The maximum Gasteiger partial charge on any atom is 0.134 e. The molecule has 0 radical (unpaired) electrons. The van der Waals surface area contributed by atoms with E-state index in [0.29, 0.717) is 5.75 Å². The molecule has 0 atom stereocenters. The normalized spacial score (nSPS) is 10.3. The SMILES string of the molecule is CNCc1ccc(-c2c(OC)cc(OC)cc2OC)cc1. The van der Waals surface area contributed by atoms with E-state index < -0.39 is 0 Å². The lowest BCUT2D eigenvalue weighted by atomic mass is 10.0. The second-order valence-corrected chi connectivity index (χ2v) is 4.63. The van der Waals surface area contributed by atoms with Gasteiger partial charge in [-0.15, -0.1) is 0 Å². The first kappa shape index (κ1) is 15.2. The van der Waals surface area contributed by atoms with Gasteiger partial charge in [-0.3, -0.25) is 0 Å². The van der Waals surface area contributed by atoms with Crippen LogP contribution in [0.4, 0.5) is 0 Å². The van der Waals surface area contributed by atoms with Gasteiger partial charge in [0.1, 0.15) is 17.2 Å². The smallest absolute Gasteiger partial charge is 0.134 e. The van der Waals surface area contributed by atoms with Gasteiger partial charge in [0.05, 0.1) is 26.9 Å². The average Bonchev–Trinajstić information content (AvgIpc) is 2.54. The van der Waals surface area contributed by atoms with Crippen molar-refractivity contribution in [3.63, 3.8) is 0 Å². The molecule has 0 heterocycles. The number of nitrogens with one attached hydrogen (secondary N) is 1. The van der Waals surface area contributed by atoms with Gasteiger partial charge >= 0.3 is 0 Å². The highest BCUT2D eigenvalue weighted by Crippen LogP contribution is 2.41. The Bertz CT molecular complexity index is 568. The maximum atomic E-state index is 5.49. The third-order valence-electron chi connectivity index (χ3n) is 3.34. The van der Waals surface area contributed by atoms with Crippen molar-refractivity contribution in [3.05, 3.63) is 42.0 Å². The monoisotopic (exact) mass is 287 g/mol. The van der Waals surface area contributed by atoms with Crippen LogP contribution in [0.25, 0.3) is 11.1 Å². The summed E-state index contributed by atoms with van der Waals surface area (Å²) in [5, 5.41) is 3.14. The van der Waals surface area contributed by atoms with Gasteiger partial charge in [-0.1, -0.05) is 24.3 Å². The van der Waals surface area contributed by atoms with Gasteiger partial charge < -0.3 is 19.5 Å². The molecular formula is C17H21NO3.